The number of urea groups is 1. The van der Waals surface area contributed by atoms with Gasteiger partial charge in [0.2, 0.25) is 5.91 Å². The average Bonchev–Trinajstić information content (AvgIpc) is 2.81. The summed E-state index contributed by atoms with van der Waals surface area (Å²) in [4.78, 5) is 39.2. The highest BCUT2D eigenvalue weighted by Gasteiger charge is 2.35. The number of hydrogen-bond donors (Lipinski definition) is 3. The maximum atomic E-state index is 11.9. The van der Waals surface area contributed by atoms with Crippen molar-refractivity contribution in [3.63, 3.8) is 0 Å². The maximum absolute atomic E-state index is 11.9. The van der Waals surface area contributed by atoms with Crippen LogP contribution in [0.25, 0.3) is 0 Å². The van der Waals surface area contributed by atoms with Crippen molar-refractivity contribution in [3.8, 4) is 0 Å². The van der Waals surface area contributed by atoms with Crippen LogP contribution in [-0.2, 0) is 23.2 Å². The molecule has 1 unspecified atom stereocenters. The van der Waals surface area contributed by atoms with Crippen LogP contribution >= 0.6 is 0 Å². The summed E-state index contributed by atoms with van der Waals surface area (Å²) in [7, 11) is 1.69. The van der Waals surface area contributed by atoms with E-state index in [0.29, 0.717) is 5.82 Å². The molecule has 0 aliphatic carbocycles. The Kier molecular flexibility index (Phi) is 3.82. The van der Waals surface area contributed by atoms with Gasteiger partial charge in [-0.3, -0.25) is 14.4 Å². The first-order valence-corrected chi connectivity index (χ1v) is 5.86. The standard InChI is InChI=1S/C10H14N6O4/c1-15-5-13-7(14-15)3-12-10(20)16-4-8(17)11-2-6(16)9(18)19/h5-6H,2-4H2,1H3,(H,11,17)(H,12,20)(H,18,19). The number of nitrogens with one attached hydrogen (secondary N) is 2. The molecule has 3 N–H and O–H groups in total. The second-order valence-electron chi connectivity index (χ2n) is 4.28. The SMILES string of the molecule is Cn1cnc(CNC(=O)N2CC(=O)NCC2C(=O)O)n1. The Hall–Kier alpha value is -2.65. The average molecular weight is 282 g/mol. The van der Waals surface area contributed by atoms with Crippen LogP contribution in [0.5, 0.6) is 0 Å². The number of aliphatic carboxylic acids is 1. The van der Waals surface area contributed by atoms with Crippen LogP contribution in [0, 0.1) is 0 Å². The predicted molar refractivity (Wildman–Crippen MR) is 64.4 cm³/mol. The first-order valence-electron chi connectivity index (χ1n) is 5.86. The second-order valence-corrected chi connectivity index (χ2v) is 4.28. The highest BCUT2D eigenvalue weighted by atomic mass is 16.4. The van der Waals surface area contributed by atoms with E-state index in [1.54, 1.807) is 7.05 Å². The van der Waals surface area contributed by atoms with Gasteiger partial charge >= 0.3 is 12.0 Å². The molecule has 0 aromatic carbocycles. The minimum absolute atomic E-state index is 0.0597. The number of rotatable bonds is 3. The summed E-state index contributed by atoms with van der Waals surface area (Å²) in [5, 5.41) is 17.9. The van der Waals surface area contributed by atoms with Gasteiger partial charge in [-0.15, -0.1) is 0 Å². The zero-order valence-electron chi connectivity index (χ0n) is 10.7. The summed E-state index contributed by atoms with van der Waals surface area (Å²) in [6.07, 6.45) is 1.48. The van der Waals surface area contributed by atoms with Gasteiger partial charge in [0.1, 0.15) is 18.9 Å². The molecule has 3 amide bonds. The monoisotopic (exact) mass is 282 g/mol. The summed E-state index contributed by atoms with van der Waals surface area (Å²) in [6, 6.07) is -1.72. The van der Waals surface area contributed by atoms with Crippen LogP contribution < -0.4 is 10.6 Å². The maximum Gasteiger partial charge on any atom is 0.328 e. The van der Waals surface area contributed by atoms with Crippen molar-refractivity contribution in [2.75, 3.05) is 13.1 Å². The van der Waals surface area contributed by atoms with E-state index in [4.69, 9.17) is 5.11 Å². The molecule has 1 atom stereocenters. The topological polar surface area (TPSA) is 129 Å². The van der Waals surface area contributed by atoms with Crippen LogP contribution in [0.1, 0.15) is 5.82 Å². The van der Waals surface area contributed by atoms with Gasteiger partial charge in [0, 0.05) is 13.6 Å². The molecule has 108 valence electrons. The number of hydrogen-bond acceptors (Lipinski definition) is 5. The molecule has 1 aromatic rings. The Morgan fingerprint density at radius 2 is 2.35 bits per heavy atom. The van der Waals surface area contributed by atoms with Crippen LogP contribution in [0.3, 0.4) is 0 Å². The van der Waals surface area contributed by atoms with Gasteiger partial charge in [0.25, 0.3) is 0 Å². The number of nitrogens with zero attached hydrogens (tertiary/aromatic N) is 4. The highest BCUT2D eigenvalue weighted by molar-refractivity contribution is 5.90. The number of carbonyl (C=O) groups excluding carboxylic acids is 2. The van der Waals surface area contributed by atoms with Gasteiger partial charge < -0.3 is 15.7 Å². The largest absolute Gasteiger partial charge is 0.480 e. The van der Waals surface area contributed by atoms with Gasteiger partial charge in [-0.1, -0.05) is 0 Å². The van der Waals surface area contributed by atoms with Crippen molar-refractivity contribution < 1.29 is 19.5 Å². The van der Waals surface area contributed by atoms with E-state index in [0.717, 1.165) is 4.90 Å². The number of carboxylic acid groups (broad SMARTS) is 1. The fraction of sp³-hybridized carbons (Fsp3) is 0.500. The molecular weight excluding hydrogens is 268 g/mol. The quantitative estimate of drug-likeness (QED) is 0.583. The van der Waals surface area contributed by atoms with Crippen molar-refractivity contribution in [3.05, 3.63) is 12.2 Å². The van der Waals surface area contributed by atoms with Crippen LogP contribution in [0.15, 0.2) is 6.33 Å². The predicted octanol–water partition coefficient (Wildman–Crippen LogP) is -2.09. The van der Waals surface area contributed by atoms with E-state index >= 15 is 0 Å². The third-order valence-electron chi connectivity index (χ3n) is 2.77. The van der Waals surface area contributed by atoms with E-state index in [2.05, 4.69) is 20.7 Å². The Morgan fingerprint density at radius 1 is 1.60 bits per heavy atom. The van der Waals surface area contributed by atoms with Crippen molar-refractivity contribution in [1.82, 2.24) is 30.3 Å². The van der Waals surface area contributed by atoms with Gasteiger partial charge in [0.15, 0.2) is 5.82 Å². The fourth-order valence-electron chi connectivity index (χ4n) is 1.80. The number of amides is 3. The Balaban J connectivity index is 1.98. The number of carboxylic acids is 1. The minimum atomic E-state index is -1.17. The minimum Gasteiger partial charge on any atom is -0.480 e. The molecule has 20 heavy (non-hydrogen) atoms. The normalized spacial score (nSPS) is 18.6. The van der Waals surface area contributed by atoms with Crippen LogP contribution in [-0.4, -0.2) is 61.8 Å². The summed E-state index contributed by atoms with van der Waals surface area (Å²) in [5.74, 6) is -1.17. The zero-order chi connectivity index (χ0) is 14.7. The molecule has 1 saturated heterocycles. The number of carbonyl (C=O) groups is 3. The summed E-state index contributed by atoms with van der Waals surface area (Å²) >= 11 is 0. The zero-order valence-corrected chi connectivity index (χ0v) is 10.7. The molecule has 10 heteroatoms. The third-order valence-corrected chi connectivity index (χ3v) is 2.77. The second kappa shape index (κ2) is 5.55. The molecule has 1 aromatic heterocycles. The van der Waals surface area contributed by atoms with Gasteiger partial charge in [-0.25, -0.2) is 14.6 Å². The Morgan fingerprint density at radius 3 is 2.95 bits per heavy atom. The van der Waals surface area contributed by atoms with Gasteiger partial charge in [-0.05, 0) is 0 Å². The lowest BCUT2D eigenvalue weighted by atomic mass is 10.2. The Labute approximate surface area is 113 Å². The summed E-state index contributed by atoms with van der Waals surface area (Å²) < 4.78 is 1.48. The van der Waals surface area contributed by atoms with Crippen molar-refractivity contribution >= 4 is 17.9 Å². The van der Waals surface area contributed by atoms with Crippen molar-refractivity contribution in [1.29, 1.82) is 0 Å². The first-order chi connectivity index (χ1) is 9.47. The third kappa shape index (κ3) is 3.02. The summed E-state index contributed by atoms with van der Waals surface area (Å²) in [6.45, 7) is -0.341. The van der Waals surface area contributed by atoms with E-state index in [1.807, 2.05) is 0 Å². The lowest BCUT2D eigenvalue weighted by molar-refractivity contribution is -0.144. The number of aromatic nitrogens is 3. The lowest BCUT2D eigenvalue weighted by Crippen LogP contribution is -2.61. The number of piperazine rings is 1. The Bertz CT molecular complexity index is 542. The smallest absolute Gasteiger partial charge is 0.328 e. The molecule has 2 heterocycles. The number of aryl methyl sites for hydroxylation is 1. The summed E-state index contributed by atoms with van der Waals surface area (Å²) in [5.41, 5.74) is 0. The van der Waals surface area contributed by atoms with Gasteiger partial charge in [-0.2, -0.15) is 5.10 Å². The van der Waals surface area contributed by atoms with Crippen molar-refractivity contribution in [2.24, 2.45) is 7.05 Å². The fourth-order valence-corrected chi connectivity index (χ4v) is 1.80. The van der Waals surface area contributed by atoms with E-state index in [1.165, 1.54) is 11.0 Å². The molecule has 0 radical (unpaired) electrons. The molecule has 1 aliphatic rings. The molecule has 0 bridgehead atoms. The van der Waals surface area contributed by atoms with Crippen LogP contribution in [0.4, 0.5) is 4.79 Å². The van der Waals surface area contributed by atoms with Gasteiger partial charge in [0.05, 0.1) is 6.54 Å². The van der Waals surface area contributed by atoms with E-state index in [9.17, 15) is 14.4 Å². The van der Waals surface area contributed by atoms with E-state index < -0.39 is 23.9 Å². The van der Waals surface area contributed by atoms with E-state index in [-0.39, 0.29) is 19.6 Å². The van der Waals surface area contributed by atoms with Crippen LogP contribution in [0.2, 0.25) is 0 Å². The molecule has 0 spiro atoms. The molecular formula is C10H14N6O4. The molecule has 1 aliphatic heterocycles. The van der Waals surface area contributed by atoms with Crippen molar-refractivity contribution in [2.45, 2.75) is 12.6 Å². The lowest BCUT2D eigenvalue weighted by Gasteiger charge is -2.32. The first kappa shape index (κ1) is 13.8. The highest BCUT2D eigenvalue weighted by Crippen LogP contribution is 2.05. The molecule has 10 nitrogen and oxygen atoms in total. The molecule has 1 fully saturated rings. The molecule has 2 rings (SSSR count). The molecule has 0 saturated carbocycles.